The van der Waals surface area contributed by atoms with Crippen LogP contribution in [0.3, 0.4) is 0 Å². The Hall–Kier alpha value is -2.35. The molecule has 1 aromatic carbocycles. The van der Waals surface area contributed by atoms with Gasteiger partial charge in [0.15, 0.2) is 0 Å². The van der Waals surface area contributed by atoms with Crippen LogP contribution in [0.25, 0.3) is 0 Å². The lowest BCUT2D eigenvalue weighted by Gasteiger charge is -2.02. The van der Waals surface area contributed by atoms with Gasteiger partial charge in [-0.15, -0.1) is 0 Å². The van der Waals surface area contributed by atoms with E-state index < -0.39 is 0 Å². The normalized spacial score (nSPS) is 9.06. The largest absolute Gasteiger partial charge is 0.469 e. The lowest BCUT2D eigenvalue weighted by Crippen LogP contribution is -2.07. The summed E-state index contributed by atoms with van der Waals surface area (Å²) < 4.78 is 8.79. The maximum absolute atomic E-state index is 10.4. The van der Waals surface area contributed by atoms with Crippen LogP contribution in [-0.4, -0.2) is 26.2 Å². The van der Waals surface area contributed by atoms with Crippen molar-refractivity contribution < 1.29 is 19.1 Å². The molecular formula is C26H47NO4. The van der Waals surface area contributed by atoms with Gasteiger partial charge >= 0.3 is 11.9 Å². The zero-order valence-corrected chi connectivity index (χ0v) is 20.7. The molecule has 5 nitrogen and oxygen atoms in total. The van der Waals surface area contributed by atoms with E-state index >= 15 is 0 Å². The van der Waals surface area contributed by atoms with Crippen molar-refractivity contribution in [1.82, 2.24) is 0 Å². The Morgan fingerprint density at radius 1 is 0.871 bits per heavy atom. The predicted molar refractivity (Wildman–Crippen MR) is 130 cm³/mol. The fraction of sp³-hybridized carbons (Fsp3) is 0.654. The Labute approximate surface area is 192 Å². The van der Waals surface area contributed by atoms with Crippen LogP contribution in [-0.2, 0) is 25.5 Å². The molecule has 1 rings (SSSR count). The molecule has 0 aliphatic heterocycles. The van der Waals surface area contributed by atoms with Crippen molar-refractivity contribution in [2.24, 2.45) is 23.7 Å². The van der Waals surface area contributed by atoms with Gasteiger partial charge in [-0.05, 0) is 37.7 Å². The van der Waals surface area contributed by atoms with Crippen LogP contribution in [0, 0.1) is 35.0 Å². The molecular weight excluding hydrogens is 390 g/mol. The van der Waals surface area contributed by atoms with Crippen LogP contribution >= 0.6 is 0 Å². The summed E-state index contributed by atoms with van der Waals surface area (Å²) in [4.78, 5) is 20.7. The van der Waals surface area contributed by atoms with Gasteiger partial charge in [0, 0.05) is 12.3 Å². The second kappa shape index (κ2) is 23.9. The van der Waals surface area contributed by atoms with Crippen LogP contribution in [0.15, 0.2) is 30.3 Å². The maximum Gasteiger partial charge on any atom is 0.308 e. The molecule has 0 aliphatic carbocycles. The van der Waals surface area contributed by atoms with Crippen molar-refractivity contribution in [2.45, 2.75) is 75.7 Å². The molecule has 0 atom stereocenters. The highest BCUT2D eigenvalue weighted by Gasteiger charge is 2.03. The van der Waals surface area contributed by atoms with Gasteiger partial charge in [0.1, 0.15) is 0 Å². The van der Waals surface area contributed by atoms with Crippen LogP contribution < -0.4 is 0 Å². The van der Waals surface area contributed by atoms with Crippen molar-refractivity contribution in [3.63, 3.8) is 0 Å². The zero-order valence-electron chi connectivity index (χ0n) is 20.7. The number of nitriles is 1. The van der Waals surface area contributed by atoms with Gasteiger partial charge in [0.05, 0.1) is 26.2 Å². The average molecular weight is 438 g/mol. The number of hydrogen-bond donors (Lipinski definition) is 0. The number of carbonyl (C=O) groups is 2. The Bertz CT molecular complexity index is 573. The zero-order chi connectivity index (χ0) is 24.1. The van der Waals surface area contributed by atoms with E-state index in [-0.39, 0.29) is 31.2 Å². The van der Waals surface area contributed by atoms with Crippen LogP contribution in [0.4, 0.5) is 0 Å². The van der Waals surface area contributed by atoms with Gasteiger partial charge in [0.2, 0.25) is 0 Å². The lowest BCUT2D eigenvalue weighted by molar-refractivity contribution is -0.144. The van der Waals surface area contributed by atoms with Crippen molar-refractivity contribution in [1.29, 1.82) is 5.26 Å². The van der Waals surface area contributed by atoms with Crippen molar-refractivity contribution in [3.05, 3.63) is 35.9 Å². The summed E-state index contributed by atoms with van der Waals surface area (Å²) in [5.41, 5.74) is 1.44. The molecule has 0 amide bonds. The van der Waals surface area contributed by atoms with Crippen molar-refractivity contribution >= 4 is 11.9 Å². The highest BCUT2D eigenvalue weighted by molar-refractivity contribution is 5.71. The minimum Gasteiger partial charge on any atom is -0.469 e. The second-order valence-electron chi connectivity index (χ2n) is 8.22. The van der Waals surface area contributed by atoms with Crippen LogP contribution in [0.2, 0.25) is 0 Å². The number of ether oxygens (including phenoxy) is 2. The number of nitrogens with zero attached hydrogens (tertiary/aromatic N) is 1. The summed E-state index contributed by atoms with van der Waals surface area (Å²) in [6.45, 7) is 15.8. The molecule has 31 heavy (non-hydrogen) atoms. The summed E-state index contributed by atoms with van der Waals surface area (Å²) in [7, 11) is 2.80. The van der Waals surface area contributed by atoms with E-state index in [9.17, 15) is 9.59 Å². The topological polar surface area (TPSA) is 76.4 Å². The van der Waals surface area contributed by atoms with E-state index in [1.165, 1.54) is 26.2 Å². The molecule has 0 fully saturated rings. The summed E-state index contributed by atoms with van der Waals surface area (Å²) in [6.07, 6.45) is 1.72. The standard InChI is InChI=1S/C10H14.C6H12O2.C5H10O2.C4H7N.CH4/c1-9(2)8-10-6-4-3-5-7-10;1-5(2)4-6(7)8-3;1-4(2)5(6)7-3;1-4(2)3-5;/h3-7,9H,8H2,1-2H3;5H,4H2,1-3H3;4H,1-3H3;4H,1-2H3;1H4. The molecule has 0 bridgehead atoms. The molecule has 1 aromatic rings. The first-order chi connectivity index (χ1) is 13.9. The Balaban J connectivity index is -0.000000160. The van der Waals surface area contributed by atoms with Crippen molar-refractivity contribution in [3.8, 4) is 6.07 Å². The van der Waals surface area contributed by atoms with Gasteiger partial charge in [-0.3, -0.25) is 9.59 Å². The first-order valence-corrected chi connectivity index (χ1v) is 10.5. The molecule has 0 aliphatic rings. The van der Waals surface area contributed by atoms with E-state index in [0.29, 0.717) is 12.3 Å². The molecule has 0 unspecified atom stereocenters. The molecule has 0 radical (unpaired) electrons. The molecule has 0 heterocycles. The first kappa shape index (κ1) is 36.0. The summed E-state index contributed by atoms with van der Waals surface area (Å²) in [6, 6.07) is 12.6. The predicted octanol–water partition coefficient (Wildman–Crippen LogP) is 6.71. The van der Waals surface area contributed by atoms with Crippen molar-refractivity contribution in [2.75, 3.05) is 14.2 Å². The minimum atomic E-state index is -0.153. The first-order valence-electron chi connectivity index (χ1n) is 10.5. The van der Waals surface area contributed by atoms with E-state index in [2.05, 4.69) is 53.7 Å². The highest BCUT2D eigenvalue weighted by atomic mass is 16.5. The third-order valence-corrected chi connectivity index (χ3v) is 3.22. The fourth-order valence-electron chi connectivity index (χ4n) is 1.74. The van der Waals surface area contributed by atoms with E-state index in [4.69, 9.17) is 5.26 Å². The highest BCUT2D eigenvalue weighted by Crippen LogP contribution is 2.06. The third-order valence-electron chi connectivity index (χ3n) is 3.22. The van der Waals surface area contributed by atoms with Gasteiger partial charge in [0.25, 0.3) is 0 Å². The monoisotopic (exact) mass is 437 g/mol. The average Bonchev–Trinajstić information content (AvgIpc) is 2.68. The van der Waals surface area contributed by atoms with E-state index in [1.54, 1.807) is 13.8 Å². The molecule has 0 saturated carbocycles. The number of benzene rings is 1. The molecule has 0 aromatic heterocycles. The smallest absolute Gasteiger partial charge is 0.308 e. The number of carbonyl (C=O) groups excluding carboxylic acids is 2. The molecule has 0 saturated heterocycles. The maximum atomic E-state index is 10.4. The quantitative estimate of drug-likeness (QED) is 0.478. The van der Waals surface area contributed by atoms with Gasteiger partial charge in [-0.2, -0.15) is 5.26 Å². The number of esters is 2. The Kier molecular flexibility index (Phi) is 27.8. The third kappa shape index (κ3) is 32.5. The fourth-order valence-corrected chi connectivity index (χ4v) is 1.74. The van der Waals surface area contributed by atoms with E-state index in [1.807, 2.05) is 33.8 Å². The lowest BCUT2D eigenvalue weighted by atomic mass is 10.0. The van der Waals surface area contributed by atoms with Crippen LogP contribution in [0.1, 0.15) is 74.8 Å². The minimum absolute atomic E-state index is 0. The Morgan fingerprint density at radius 2 is 1.32 bits per heavy atom. The van der Waals surface area contributed by atoms with Gasteiger partial charge < -0.3 is 9.47 Å². The molecule has 180 valence electrons. The summed E-state index contributed by atoms with van der Waals surface area (Å²) in [5.74, 6) is 1.09. The SMILES string of the molecule is C.CC(C)C#N.CC(C)Cc1ccccc1.COC(=O)C(C)C.COC(=O)CC(C)C. The van der Waals surface area contributed by atoms with Gasteiger partial charge in [-0.1, -0.05) is 79.3 Å². The molecule has 5 heteroatoms. The Morgan fingerprint density at radius 3 is 1.52 bits per heavy atom. The summed E-state index contributed by atoms with van der Waals surface area (Å²) in [5, 5.41) is 7.89. The molecule has 0 spiro atoms. The number of methoxy groups -OCH3 is 2. The van der Waals surface area contributed by atoms with Crippen LogP contribution in [0.5, 0.6) is 0 Å². The van der Waals surface area contributed by atoms with E-state index in [0.717, 1.165) is 5.92 Å². The molecule has 0 N–H and O–H groups in total. The number of hydrogen-bond acceptors (Lipinski definition) is 5. The second-order valence-corrected chi connectivity index (χ2v) is 8.22. The summed E-state index contributed by atoms with van der Waals surface area (Å²) >= 11 is 0. The van der Waals surface area contributed by atoms with Gasteiger partial charge in [-0.25, -0.2) is 0 Å². The number of rotatable bonds is 5.